The molecule has 3 amide bonds. The van der Waals surface area contributed by atoms with Crippen molar-refractivity contribution in [2.24, 2.45) is 16.7 Å². The third-order valence-corrected chi connectivity index (χ3v) is 13.2. The molecule has 7 aliphatic rings. The molecule has 0 aromatic heterocycles. The highest BCUT2D eigenvalue weighted by molar-refractivity contribution is 5.88. The maximum absolute atomic E-state index is 14.1. The minimum atomic E-state index is -0.607. The van der Waals surface area contributed by atoms with E-state index < -0.39 is 22.8 Å². The van der Waals surface area contributed by atoms with Gasteiger partial charge in [0.15, 0.2) is 0 Å². The molecule has 0 aromatic carbocycles. The van der Waals surface area contributed by atoms with Gasteiger partial charge in [0.1, 0.15) is 17.4 Å². The van der Waals surface area contributed by atoms with Gasteiger partial charge in [0.05, 0.1) is 37.1 Å². The zero-order valence-electron chi connectivity index (χ0n) is 31.3. The Morgan fingerprint density at radius 2 is 1.59 bits per heavy atom. The molecule has 4 saturated carbocycles. The number of hydrogen-bond acceptors (Lipinski definition) is 9. The number of nitrogens with one attached hydrogen (secondary N) is 2. The molecule has 1 spiro atoms. The first-order valence-electron chi connectivity index (χ1n) is 19.3. The molecule has 0 aromatic rings. The molecule has 3 heterocycles. The molecule has 284 valence electrons. The number of carbonyl (C=O) groups is 5. The van der Waals surface area contributed by atoms with Gasteiger partial charge in [-0.15, -0.1) is 0 Å². The standard InChI is InChI=1S/C39H59N3O9/c1-25(2)9-11-29-36(4,51-29)32-31(48-5)27(13-14-39(32)24-50-39)41-35(47)38-18-15-37(16-19-38,17-20-38)34(46)40-21-7-23-49-33(45)28-8-6-22-42(28)30(44)12-10-26(3)43/h9,27-29,31-32H,6-8,10-24H2,1-5H3,(H,40,46)(H,41,47)/t27-,28+,29-,31-,32-,36?,37?,38?,39+/m1/s1. The molecule has 7 fully saturated rings. The molecule has 3 aliphatic heterocycles. The molecule has 7 atom stereocenters. The van der Waals surface area contributed by atoms with Crippen molar-refractivity contribution in [2.75, 3.05) is 33.4 Å². The van der Waals surface area contributed by atoms with Gasteiger partial charge < -0.3 is 39.3 Å². The van der Waals surface area contributed by atoms with Gasteiger partial charge in [0.2, 0.25) is 17.7 Å². The Hall–Kier alpha value is -2.83. The molecule has 2 bridgehead atoms. The minimum absolute atomic E-state index is 0.0187. The van der Waals surface area contributed by atoms with E-state index in [2.05, 4.69) is 37.5 Å². The van der Waals surface area contributed by atoms with Crippen LogP contribution in [0.2, 0.25) is 0 Å². The van der Waals surface area contributed by atoms with E-state index in [1.807, 2.05) is 0 Å². The fraction of sp³-hybridized carbons (Fsp3) is 0.821. The summed E-state index contributed by atoms with van der Waals surface area (Å²) in [6, 6.07) is -0.735. The van der Waals surface area contributed by atoms with Gasteiger partial charge >= 0.3 is 5.97 Å². The Morgan fingerprint density at radius 1 is 0.922 bits per heavy atom. The van der Waals surface area contributed by atoms with Crippen molar-refractivity contribution in [1.82, 2.24) is 15.5 Å². The molecule has 1 unspecified atom stereocenters. The van der Waals surface area contributed by atoms with Crippen LogP contribution in [0.15, 0.2) is 11.6 Å². The van der Waals surface area contributed by atoms with Crippen LogP contribution in [0.25, 0.3) is 0 Å². The predicted molar refractivity (Wildman–Crippen MR) is 187 cm³/mol. The van der Waals surface area contributed by atoms with Gasteiger partial charge in [-0.1, -0.05) is 11.6 Å². The summed E-state index contributed by atoms with van der Waals surface area (Å²) >= 11 is 0. The van der Waals surface area contributed by atoms with Crippen LogP contribution in [-0.2, 0) is 42.9 Å². The molecule has 12 heteroatoms. The van der Waals surface area contributed by atoms with E-state index in [0.29, 0.717) is 71.1 Å². The number of likely N-dealkylation sites (tertiary alicyclic amines) is 1. The van der Waals surface area contributed by atoms with Crippen molar-refractivity contribution < 1.29 is 42.9 Å². The minimum Gasteiger partial charge on any atom is -0.464 e. The van der Waals surface area contributed by atoms with Gasteiger partial charge in [-0.2, -0.15) is 0 Å². The largest absolute Gasteiger partial charge is 0.464 e. The summed E-state index contributed by atoms with van der Waals surface area (Å²) in [4.78, 5) is 65.5. The van der Waals surface area contributed by atoms with Gasteiger partial charge in [-0.25, -0.2) is 4.79 Å². The number of esters is 1. The summed E-state index contributed by atoms with van der Waals surface area (Å²) in [5, 5.41) is 6.51. The highest BCUT2D eigenvalue weighted by Crippen LogP contribution is 2.60. The Bertz CT molecular complexity index is 1380. The van der Waals surface area contributed by atoms with Crippen LogP contribution in [0.4, 0.5) is 0 Å². The third kappa shape index (κ3) is 7.65. The third-order valence-electron chi connectivity index (χ3n) is 13.2. The smallest absolute Gasteiger partial charge is 0.328 e. The molecule has 51 heavy (non-hydrogen) atoms. The molecule has 4 aliphatic carbocycles. The first-order chi connectivity index (χ1) is 24.3. The SMILES string of the molecule is CO[C@H]1[C@H](C2(C)O[C@@H]2CC=C(C)C)[C@]2(CC[C@H]1NC(=O)C13CCC(C(=O)NCCCOC(=O)[C@@H]4CCCN4C(=O)CCC(C)=O)(CC1)CC3)CO2. The van der Waals surface area contributed by atoms with E-state index in [1.54, 1.807) is 7.11 Å². The zero-order valence-corrected chi connectivity index (χ0v) is 31.3. The monoisotopic (exact) mass is 713 g/mol. The molecule has 0 radical (unpaired) electrons. The Morgan fingerprint density at radius 3 is 2.20 bits per heavy atom. The maximum atomic E-state index is 14.1. The quantitative estimate of drug-likeness (QED) is 0.111. The van der Waals surface area contributed by atoms with Crippen molar-refractivity contribution in [3.05, 3.63) is 11.6 Å². The lowest BCUT2D eigenvalue weighted by Gasteiger charge is -2.52. The van der Waals surface area contributed by atoms with Gasteiger partial charge in [0, 0.05) is 49.8 Å². The number of allylic oxidation sites excluding steroid dienone is 1. The number of fused-ring (bicyclic) bond motifs is 3. The highest BCUT2D eigenvalue weighted by Gasteiger charge is 2.72. The van der Waals surface area contributed by atoms with Crippen molar-refractivity contribution in [3.8, 4) is 0 Å². The van der Waals surface area contributed by atoms with Gasteiger partial charge in [0.25, 0.3) is 0 Å². The van der Waals surface area contributed by atoms with E-state index in [0.717, 1.165) is 25.7 Å². The first-order valence-corrected chi connectivity index (χ1v) is 19.3. The van der Waals surface area contributed by atoms with Crippen LogP contribution in [0.5, 0.6) is 0 Å². The fourth-order valence-electron chi connectivity index (χ4n) is 9.80. The molecular weight excluding hydrogens is 654 g/mol. The lowest BCUT2D eigenvalue weighted by Crippen LogP contribution is -2.62. The summed E-state index contributed by atoms with van der Waals surface area (Å²) < 4.78 is 24.1. The predicted octanol–water partition coefficient (Wildman–Crippen LogP) is 3.93. The summed E-state index contributed by atoms with van der Waals surface area (Å²) in [6.45, 7) is 9.56. The van der Waals surface area contributed by atoms with E-state index in [4.69, 9.17) is 18.9 Å². The Kier molecular flexibility index (Phi) is 11.1. The number of amides is 3. The highest BCUT2D eigenvalue weighted by atomic mass is 16.6. The van der Waals surface area contributed by atoms with Gasteiger partial charge in [-0.05, 0) is 105 Å². The van der Waals surface area contributed by atoms with Gasteiger partial charge in [-0.3, -0.25) is 14.4 Å². The summed E-state index contributed by atoms with van der Waals surface area (Å²) in [7, 11) is 1.73. The summed E-state index contributed by atoms with van der Waals surface area (Å²) in [6.07, 6.45) is 10.7. The van der Waals surface area contributed by atoms with Crippen molar-refractivity contribution in [2.45, 2.75) is 153 Å². The summed E-state index contributed by atoms with van der Waals surface area (Å²) in [5.74, 6) is -0.537. The Balaban J connectivity index is 0.951. The second-order valence-corrected chi connectivity index (χ2v) is 16.7. The van der Waals surface area contributed by atoms with E-state index in [9.17, 15) is 24.0 Å². The molecular formula is C39H59N3O9. The number of carbonyl (C=O) groups excluding carboxylic acids is 5. The number of epoxide rings is 2. The number of Topliss-reactive ketones (excluding diaryl/α,β-unsaturated/α-hetero) is 1. The maximum Gasteiger partial charge on any atom is 0.328 e. The number of methoxy groups -OCH3 is 1. The van der Waals surface area contributed by atoms with Crippen molar-refractivity contribution in [3.63, 3.8) is 0 Å². The van der Waals surface area contributed by atoms with Crippen LogP contribution >= 0.6 is 0 Å². The van der Waals surface area contributed by atoms with Crippen molar-refractivity contribution >= 4 is 29.5 Å². The molecule has 2 N–H and O–H groups in total. The van der Waals surface area contributed by atoms with E-state index >= 15 is 0 Å². The molecule has 12 nitrogen and oxygen atoms in total. The fourth-order valence-corrected chi connectivity index (χ4v) is 9.80. The molecule has 3 saturated heterocycles. The van der Waals surface area contributed by atoms with Crippen LogP contribution in [0.3, 0.4) is 0 Å². The number of ether oxygens (including phenoxy) is 4. The lowest BCUT2D eigenvalue weighted by molar-refractivity contribution is -0.154. The Labute approximate surface area is 302 Å². The zero-order chi connectivity index (χ0) is 36.6. The number of rotatable bonds is 15. The normalized spacial score (nSPS) is 37.8. The first kappa shape index (κ1) is 37.9. The second kappa shape index (κ2) is 14.9. The average molecular weight is 714 g/mol. The molecule has 7 rings (SSSR count). The van der Waals surface area contributed by atoms with Crippen molar-refractivity contribution in [1.29, 1.82) is 0 Å². The number of ketones is 1. The van der Waals surface area contributed by atoms with Crippen LogP contribution < -0.4 is 10.6 Å². The van der Waals surface area contributed by atoms with Crippen LogP contribution in [-0.4, -0.2) is 103 Å². The topological polar surface area (TPSA) is 156 Å². The number of hydrogen-bond donors (Lipinski definition) is 2. The summed E-state index contributed by atoms with van der Waals surface area (Å²) in [5.41, 5.74) is -0.268. The van der Waals surface area contributed by atoms with Crippen LogP contribution in [0, 0.1) is 16.7 Å². The van der Waals surface area contributed by atoms with E-state index in [1.165, 1.54) is 17.4 Å². The lowest BCUT2D eigenvalue weighted by atomic mass is 9.53. The van der Waals surface area contributed by atoms with E-state index in [-0.39, 0.29) is 78.3 Å². The number of nitrogens with zero attached hydrogens (tertiary/aromatic N) is 1. The van der Waals surface area contributed by atoms with Crippen LogP contribution in [0.1, 0.15) is 118 Å². The average Bonchev–Trinajstić information content (AvgIpc) is 3.97. The second-order valence-electron chi connectivity index (χ2n) is 16.7.